The van der Waals surface area contributed by atoms with Crippen LogP contribution in [0.25, 0.3) is 38.6 Å². The van der Waals surface area contributed by atoms with Crippen LogP contribution in [0.3, 0.4) is 0 Å². The van der Waals surface area contributed by atoms with Crippen LogP contribution in [-0.4, -0.2) is 7.28 Å². The van der Waals surface area contributed by atoms with Gasteiger partial charge in [0.15, 0.2) is 7.28 Å². The zero-order chi connectivity index (χ0) is 41.0. The Morgan fingerprint density at radius 3 is 2.15 bits per heavy atom. The molecule has 0 bridgehead atoms. The molecule has 11 rings (SSSR count). The van der Waals surface area contributed by atoms with Gasteiger partial charge in [-0.2, -0.15) is 0 Å². The molecule has 2 heterocycles. The Morgan fingerprint density at radius 2 is 1.35 bits per heavy atom. The fraction of sp³-hybridized carbons (Fsp3) is 0.228. The molecule has 4 aliphatic rings. The molecule has 0 atom stereocenters. The molecule has 294 valence electrons. The lowest BCUT2D eigenvalue weighted by atomic mass is 9.55. The van der Waals surface area contributed by atoms with Crippen LogP contribution in [0.2, 0.25) is 0 Å². The van der Waals surface area contributed by atoms with E-state index in [9.17, 15) is 0 Å². The summed E-state index contributed by atoms with van der Waals surface area (Å²) in [6.45, 7) is 14.8. The van der Waals surface area contributed by atoms with E-state index in [1.807, 2.05) is 0 Å². The lowest BCUT2D eigenvalue weighted by Crippen LogP contribution is -2.46. The molecule has 1 N–H and O–H groups in total. The highest BCUT2D eigenvalue weighted by Crippen LogP contribution is 2.57. The van der Waals surface area contributed by atoms with Crippen molar-refractivity contribution < 1.29 is 0 Å². The summed E-state index contributed by atoms with van der Waals surface area (Å²) in [5, 5.41) is 6.52. The first-order valence-corrected chi connectivity index (χ1v) is 22.1. The van der Waals surface area contributed by atoms with Gasteiger partial charge < -0.3 is 10.2 Å². The third-order valence-corrected chi connectivity index (χ3v) is 14.6. The number of anilines is 5. The number of hydrogen-bond acceptors (Lipinski definition) is 2. The Hall–Kier alpha value is -6.06. The van der Waals surface area contributed by atoms with Gasteiger partial charge >= 0.3 is 0 Å². The largest absolute Gasteiger partial charge is 0.355 e. The predicted molar refractivity (Wildman–Crippen MR) is 259 cm³/mol. The molecule has 0 saturated carbocycles. The second-order valence-electron chi connectivity index (χ2n) is 19.6. The van der Waals surface area contributed by atoms with Gasteiger partial charge in [-0.3, -0.25) is 0 Å². The minimum absolute atomic E-state index is 0.0942. The number of nitrogens with zero attached hydrogens (tertiary/aromatic N) is 1. The lowest BCUT2D eigenvalue weighted by molar-refractivity contribution is 0.331. The highest BCUT2D eigenvalue weighted by atomic mass is 15.2. The molecule has 0 fully saturated rings. The molecule has 0 unspecified atom stereocenters. The molecular formula is C57H53BN2. The Kier molecular flexibility index (Phi) is 8.31. The van der Waals surface area contributed by atoms with Crippen molar-refractivity contribution in [1.29, 1.82) is 0 Å². The van der Waals surface area contributed by atoms with E-state index in [0.717, 1.165) is 31.5 Å². The predicted octanol–water partition coefficient (Wildman–Crippen LogP) is 13.8. The lowest BCUT2D eigenvalue weighted by Gasteiger charge is -2.49. The van der Waals surface area contributed by atoms with Crippen molar-refractivity contribution in [2.45, 2.75) is 83.5 Å². The maximum Gasteiger partial charge on any atom is 0.198 e. The first-order chi connectivity index (χ1) is 29.0. The first kappa shape index (κ1) is 37.0. The van der Waals surface area contributed by atoms with Gasteiger partial charge in [-0.25, -0.2) is 0 Å². The van der Waals surface area contributed by atoms with E-state index < -0.39 is 0 Å². The molecular weight excluding hydrogens is 723 g/mol. The average Bonchev–Trinajstić information content (AvgIpc) is 3.26. The van der Waals surface area contributed by atoms with Crippen molar-refractivity contribution in [2.75, 3.05) is 10.2 Å². The Morgan fingerprint density at radius 1 is 0.600 bits per heavy atom. The van der Waals surface area contributed by atoms with Gasteiger partial charge in [-0.15, -0.1) is 0 Å². The summed E-state index contributed by atoms with van der Waals surface area (Å²) in [6.07, 6.45) is 11.3. The summed E-state index contributed by atoms with van der Waals surface area (Å²) < 4.78 is 0. The van der Waals surface area contributed by atoms with Crippen LogP contribution in [0.4, 0.5) is 28.4 Å². The quantitative estimate of drug-likeness (QED) is 0.175. The molecule has 0 radical (unpaired) electrons. The summed E-state index contributed by atoms with van der Waals surface area (Å²) in [6, 6.07) is 50.8. The third-order valence-electron chi connectivity index (χ3n) is 14.6. The smallest absolute Gasteiger partial charge is 0.198 e. The van der Waals surface area contributed by atoms with Crippen LogP contribution < -0.4 is 21.1 Å². The van der Waals surface area contributed by atoms with Gasteiger partial charge in [0.2, 0.25) is 0 Å². The van der Waals surface area contributed by atoms with E-state index >= 15 is 0 Å². The minimum Gasteiger partial charge on any atom is -0.355 e. The fourth-order valence-corrected chi connectivity index (χ4v) is 11.0. The molecule has 2 nitrogen and oxygen atoms in total. The monoisotopic (exact) mass is 776 g/mol. The topological polar surface area (TPSA) is 15.3 Å². The SMILES string of the molecule is CC1(C)CCC(C)(C)c2cc3c(cc21)N1c2cc4ccccc4c(-c4cc(-c5ccccc5)ccc4Nc4cccc(C5=CC=CCC5)c4)c2Bc2cccc(c21)C3(C)C. The average molecular weight is 777 g/mol. The van der Waals surface area contributed by atoms with E-state index in [0.29, 0.717) is 0 Å². The van der Waals surface area contributed by atoms with Gasteiger partial charge in [0, 0.05) is 33.7 Å². The summed E-state index contributed by atoms with van der Waals surface area (Å²) in [4.78, 5) is 2.68. The van der Waals surface area contributed by atoms with Crippen molar-refractivity contribution in [3.8, 4) is 22.3 Å². The van der Waals surface area contributed by atoms with Gasteiger partial charge in [0.05, 0.1) is 5.69 Å². The highest BCUT2D eigenvalue weighted by molar-refractivity contribution is 6.74. The number of rotatable bonds is 5. The van der Waals surface area contributed by atoms with E-state index in [1.54, 1.807) is 0 Å². The summed E-state index contributed by atoms with van der Waals surface area (Å²) in [7, 11) is 0.857. The van der Waals surface area contributed by atoms with E-state index in [1.165, 1.54) is 107 Å². The maximum absolute atomic E-state index is 3.98. The zero-order valence-electron chi connectivity index (χ0n) is 35.9. The van der Waals surface area contributed by atoms with Crippen LogP contribution in [0.1, 0.15) is 95.0 Å². The van der Waals surface area contributed by atoms with Crippen molar-refractivity contribution in [3.05, 3.63) is 180 Å². The molecule has 7 aromatic carbocycles. The van der Waals surface area contributed by atoms with Crippen LogP contribution >= 0.6 is 0 Å². The standard InChI is InChI=1S/C57H53BN2/c1-55(2)29-30-56(3,4)46-35-50-47(34-45(46)55)57(5,6)44-25-16-26-48-54(44)60(50)51-33-40-21-13-14-24-42(40)52(53(51)58-48)43-32-39(37-19-11-8-12-20-37)27-28-49(43)59-41-23-15-22-38(31-41)36-17-9-7-10-18-36/h7-9,11-17,19-28,31-35,58-59H,10,18,29-30H2,1-6H3. The number of benzene rings is 7. The highest BCUT2D eigenvalue weighted by Gasteiger charge is 2.45. The maximum atomic E-state index is 3.98. The number of hydrogen-bond donors (Lipinski definition) is 1. The molecule has 0 saturated heterocycles. The minimum atomic E-state index is -0.152. The number of fused-ring (bicyclic) bond motifs is 6. The van der Waals surface area contributed by atoms with Gasteiger partial charge in [-0.05, 0) is 139 Å². The van der Waals surface area contributed by atoms with E-state index in [4.69, 9.17) is 0 Å². The van der Waals surface area contributed by atoms with Crippen molar-refractivity contribution >= 4 is 63.0 Å². The van der Waals surface area contributed by atoms with Crippen LogP contribution in [0.15, 0.2) is 152 Å². The molecule has 2 aliphatic carbocycles. The van der Waals surface area contributed by atoms with Crippen LogP contribution in [0.5, 0.6) is 0 Å². The molecule has 0 amide bonds. The Balaban J connectivity index is 1.18. The number of nitrogens with one attached hydrogen (secondary N) is 1. The Labute approximate surface area is 356 Å². The fourth-order valence-electron chi connectivity index (χ4n) is 11.0. The number of para-hydroxylation sites is 1. The Bertz CT molecular complexity index is 2960. The number of allylic oxidation sites excluding steroid dienone is 4. The van der Waals surface area contributed by atoms with Gasteiger partial charge in [-0.1, -0.05) is 162 Å². The van der Waals surface area contributed by atoms with Gasteiger partial charge in [0.1, 0.15) is 0 Å². The summed E-state index contributed by atoms with van der Waals surface area (Å²) >= 11 is 0. The van der Waals surface area contributed by atoms with Crippen molar-refractivity contribution in [2.24, 2.45) is 0 Å². The van der Waals surface area contributed by atoms with Crippen LogP contribution in [-0.2, 0) is 16.2 Å². The molecule has 60 heavy (non-hydrogen) atoms. The molecule has 2 aliphatic heterocycles. The second kappa shape index (κ2) is 13.5. The second-order valence-corrected chi connectivity index (χ2v) is 19.6. The summed E-state index contributed by atoms with van der Waals surface area (Å²) in [5.74, 6) is 0. The molecule has 0 aromatic heterocycles. The van der Waals surface area contributed by atoms with Crippen LogP contribution in [0, 0.1) is 0 Å². The zero-order valence-corrected chi connectivity index (χ0v) is 35.9. The third kappa shape index (κ3) is 5.76. The molecule has 3 heteroatoms. The summed E-state index contributed by atoms with van der Waals surface area (Å²) in [5.41, 5.74) is 22.6. The van der Waals surface area contributed by atoms with Gasteiger partial charge in [0.25, 0.3) is 0 Å². The first-order valence-electron chi connectivity index (χ1n) is 22.1. The normalized spacial score (nSPS) is 17.4. The van der Waals surface area contributed by atoms with E-state index in [2.05, 4.69) is 203 Å². The molecule has 7 aromatic rings. The molecule has 0 spiro atoms. The van der Waals surface area contributed by atoms with Crippen molar-refractivity contribution in [3.63, 3.8) is 0 Å². The van der Waals surface area contributed by atoms with Crippen molar-refractivity contribution in [1.82, 2.24) is 0 Å². The van der Waals surface area contributed by atoms with E-state index in [-0.39, 0.29) is 16.2 Å².